The van der Waals surface area contributed by atoms with E-state index in [9.17, 15) is 0 Å². The van der Waals surface area contributed by atoms with Gasteiger partial charge in [-0.3, -0.25) is 4.90 Å². The highest BCUT2D eigenvalue weighted by molar-refractivity contribution is 7.71. The monoisotopic (exact) mass is 292 g/mol. The summed E-state index contributed by atoms with van der Waals surface area (Å²) in [6, 6.07) is 3.16. The molecule has 0 fully saturated rings. The van der Waals surface area contributed by atoms with Gasteiger partial charge in [-0.1, -0.05) is 0 Å². The Labute approximate surface area is 125 Å². The number of aromatic nitrogens is 3. The predicted octanol–water partition coefficient (Wildman–Crippen LogP) is 3.52. The number of rotatable bonds is 5. The van der Waals surface area contributed by atoms with E-state index >= 15 is 0 Å². The minimum atomic E-state index is 0.532. The summed E-state index contributed by atoms with van der Waals surface area (Å²) in [6.07, 6.45) is 1.89. The number of H-pyrrole nitrogens is 1. The van der Waals surface area contributed by atoms with E-state index in [2.05, 4.69) is 53.2 Å². The van der Waals surface area contributed by atoms with Crippen LogP contribution in [0.1, 0.15) is 33.3 Å². The van der Waals surface area contributed by atoms with Crippen LogP contribution in [0.25, 0.3) is 11.2 Å². The van der Waals surface area contributed by atoms with Crippen LogP contribution in [-0.4, -0.2) is 38.1 Å². The molecule has 0 radical (unpaired) electrons. The summed E-state index contributed by atoms with van der Waals surface area (Å²) in [4.78, 5) is 10.2. The normalized spacial score (nSPS) is 12.2. The standard InChI is InChI=1S/C15H24N4S/c1-10(2)18(11(3)4)6-7-19-14-13(17-15(19)20)8-12(5)9-16-14/h8-11H,6-7H2,1-5H3,(H,17,20). The molecule has 2 heterocycles. The molecule has 0 amide bonds. The van der Waals surface area contributed by atoms with Crippen molar-refractivity contribution < 1.29 is 0 Å². The number of pyridine rings is 1. The molecule has 0 spiro atoms. The molecule has 2 aromatic heterocycles. The third-order valence-corrected chi connectivity index (χ3v) is 3.98. The Hall–Kier alpha value is -1.20. The van der Waals surface area contributed by atoms with Crippen LogP contribution in [0.5, 0.6) is 0 Å². The van der Waals surface area contributed by atoms with Crippen molar-refractivity contribution in [3.05, 3.63) is 22.6 Å². The van der Waals surface area contributed by atoms with E-state index in [4.69, 9.17) is 12.2 Å². The van der Waals surface area contributed by atoms with Gasteiger partial charge in [-0.2, -0.15) is 0 Å². The van der Waals surface area contributed by atoms with Gasteiger partial charge < -0.3 is 9.55 Å². The van der Waals surface area contributed by atoms with Crippen LogP contribution in [0.4, 0.5) is 0 Å². The fraction of sp³-hybridized carbons (Fsp3) is 0.600. The van der Waals surface area contributed by atoms with Crippen LogP contribution in [-0.2, 0) is 6.54 Å². The maximum Gasteiger partial charge on any atom is 0.179 e. The fourth-order valence-electron chi connectivity index (χ4n) is 2.68. The van der Waals surface area contributed by atoms with Gasteiger partial charge in [0.15, 0.2) is 10.4 Å². The second kappa shape index (κ2) is 6.06. The van der Waals surface area contributed by atoms with Crippen LogP contribution in [0.2, 0.25) is 0 Å². The molecule has 0 atom stereocenters. The first-order valence-electron chi connectivity index (χ1n) is 7.21. The summed E-state index contributed by atoms with van der Waals surface area (Å²) < 4.78 is 2.85. The molecule has 5 heteroatoms. The zero-order chi connectivity index (χ0) is 14.9. The Kier molecular flexibility index (Phi) is 4.60. The quantitative estimate of drug-likeness (QED) is 0.857. The van der Waals surface area contributed by atoms with E-state index in [1.165, 1.54) is 0 Å². The van der Waals surface area contributed by atoms with Crippen molar-refractivity contribution >= 4 is 23.4 Å². The molecular formula is C15H24N4S. The fourth-order valence-corrected chi connectivity index (χ4v) is 2.97. The molecule has 0 saturated carbocycles. The van der Waals surface area contributed by atoms with Gasteiger partial charge in [0.25, 0.3) is 0 Å². The molecule has 0 bridgehead atoms. The average molecular weight is 292 g/mol. The van der Waals surface area contributed by atoms with E-state index in [1.807, 2.05) is 13.1 Å². The van der Waals surface area contributed by atoms with Crippen molar-refractivity contribution in [3.8, 4) is 0 Å². The molecular weight excluding hydrogens is 268 g/mol. The second-order valence-electron chi connectivity index (χ2n) is 5.89. The van der Waals surface area contributed by atoms with Gasteiger partial charge in [-0.15, -0.1) is 0 Å². The molecule has 0 aromatic carbocycles. The average Bonchev–Trinajstić information content (AvgIpc) is 2.64. The van der Waals surface area contributed by atoms with Crippen LogP contribution in [0.3, 0.4) is 0 Å². The predicted molar refractivity (Wildman–Crippen MR) is 86.6 cm³/mol. The third-order valence-electron chi connectivity index (χ3n) is 3.65. The van der Waals surface area contributed by atoms with Gasteiger partial charge in [0.1, 0.15) is 0 Å². The summed E-state index contributed by atoms with van der Waals surface area (Å²) in [7, 11) is 0. The SMILES string of the molecule is Cc1cnc2c(c1)[nH]c(=S)n2CCN(C(C)C)C(C)C. The molecule has 0 aliphatic carbocycles. The van der Waals surface area contributed by atoms with E-state index in [-0.39, 0.29) is 0 Å². The lowest BCUT2D eigenvalue weighted by Crippen LogP contribution is -2.39. The summed E-state index contributed by atoms with van der Waals surface area (Å²) in [6.45, 7) is 12.8. The number of hydrogen-bond acceptors (Lipinski definition) is 3. The summed E-state index contributed by atoms with van der Waals surface area (Å²) >= 11 is 5.43. The molecule has 20 heavy (non-hydrogen) atoms. The van der Waals surface area contributed by atoms with Crippen LogP contribution < -0.4 is 0 Å². The van der Waals surface area contributed by atoms with Gasteiger partial charge >= 0.3 is 0 Å². The number of nitrogens with one attached hydrogen (secondary N) is 1. The van der Waals surface area contributed by atoms with Gasteiger partial charge in [0.05, 0.1) is 5.52 Å². The molecule has 0 aliphatic rings. The minimum absolute atomic E-state index is 0.532. The lowest BCUT2D eigenvalue weighted by Gasteiger charge is -2.30. The Morgan fingerprint density at radius 1 is 1.30 bits per heavy atom. The zero-order valence-corrected chi connectivity index (χ0v) is 13.8. The van der Waals surface area contributed by atoms with Crippen molar-refractivity contribution in [3.63, 3.8) is 0 Å². The summed E-state index contributed by atoms with van der Waals surface area (Å²) in [5, 5.41) is 0. The Bertz CT molecular complexity index is 631. The zero-order valence-electron chi connectivity index (χ0n) is 13.0. The summed E-state index contributed by atoms with van der Waals surface area (Å²) in [5.74, 6) is 0. The lowest BCUT2D eigenvalue weighted by molar-refractivity contribution is 0.168. The highest BCUT2D eigenvalue weighted by Crippen LogP contribution is 2.14. The van der Waals surface area contributed by atoms with Crippen LogP contribution in [0, 0.1) is 11.7 Å². The van der Waals surface area contributed by atoms with Crippen molar-refractivity contribution in [1.82, 2.24) is 19.4 Å². The molecule has 0 saturated heterocycles. The Morgan fingerprint density at radius 2 is 1.95 bits per heavy atom. The molecule has 0 aliphatic heterocycles. The number of aromatic amines is 1. The van der Waals surface area contributed by atoms with Crippen molar-refractivity contribution in [2.45, 2.75) is 53.2 Å². The molecule has 110 valence electrons. The highest BCUT2D eigenvalue weighted by Gasteiger charge is 2.14. The molecule has 1 N–H and O–H groups in total. The second-order valence-corrected chi connectivity index (χ2v) is 6.28. The van der Waals surface area contributed by atoms with Crippen LogP contribution in [0.15, 0.2) is 12.3 Å². The number of fused-ring (bicyclic) bond motifs is 1. The smallest absolute Gasteiger partial charge is 0.179 e. The third kappa shape index (κ3) is 3.10. The first-order valence-corrected chi connectivity index (χ1v) is 7.62. The highest BCUT2D eigenvalue weighted by atomic mass is 32.1. The number of imidazole rings is 1. The maximum atomic E-state index is 5.43. The number of aryl methyl sites for hydroxylation is 1. The van der Waals surface area contributed by atoms with Crippen molar-refractivity contribution in [2.24, 2.45) is 0 Å². The van der Waals surface area contributed by atoms with Crippen molar-refractivity contribution in [1.29, 1.82) is 0 Å². The van der Waals surface area contributed by atoms with Crippen LogP contribution >= 0.6 is 12.2 Å². The molecule has 0 unspecified atom stereocenters. The Balaban J connectivity index is 2.26. The van der Waals surface area contributed by atoms with Gasteiger partial charge in [0, 0.05) is 31.4 Å². The molecule has 2 rings (SSSR count). The lowest BCUT2D eigenvalue weighted by atomic mass is 10.2. The molecule has 4 nitrogen and oxygen atoms in total. The van der Waals surface area contributed by atoms with Crippen molar-refractivity contribution in [2.75, 3.05) is 6.54 Å². The van der Waals surface area contributed by atoms with E-state index in [1.54, 1.807) is 0 Å². The summed E-state index contributed by atoms with van der Waals surface area (Å²) in [5.41, 5.74) is 3.12. The number of nitrogens with zero attached hydrogens (tertiary/aromatic N) is 3. The topological polar surface area (TPSA) is 36.9 Å². The van der Waals surface area contributed by atoms with Gasteiger partial charge in [-0.25, -0.2) is 4.98 Å². The van der Waals surface area contributed by atoms with E-state index in [0.29, 0.717) is 12.1 Å². The first-order chi connectivity index (χ1) is 9.40. The number of hydrogen-bond donors (Lipinski definition) is 1. The largest absolute Gasteiger partial charge is 0.329 e. The Morgan fingerprint density at radius 3 is 2.55 bits per heavy atom. The van der Waals surface area contributed by atoms with E-state index < -0.39 is 0 Å². The first kappa shape index (κ1) is 15.2. The molecule has 2 aromatic rings. The van der Waals surface area contributed by atoms with E-state index in [0.717, 1.165) is 34.6 Å². The van der Waals surface area contributed by atoms with Gasteiger partial charge in [-0.05, 0) is 58.5 Å². The minimum Gasteiger partial charge on any atom is -0.329 e. The van der Waals surface area contributed by atoms with Gasteiger partial charge in [0.2, 0.25) is 0 Å². The maximum absolute atomic E-state index is 5.43.